The molecule has 0 aromatic heterocycles. The van der Waals surface area contributed by atoms with Crippen molar-refractivity contribution in [2.45, 2.75) is 78.3 Å². The Kier molecular flexibility index (Phi) is 6.79. The molecule has 2 unspecified atom stereocenters. The molecule has 2 aliphatic rings. The minimum atomic E-state index is -0.443. The molecule has 0 aliphatic carbocycles. The molecule has 46 heavy (non-hydrogen) atoms. The third-order valence-electron chi connectivity index (χ3n) is 10.1. The van der Waals surface area contributed by atoms with Crippen LogP contribution in [-0.2, 0) is 0 Å². The number of carbonyl (C=O) groups excluding carboxylic acids is 4. The van der Waals surface area contributed by atoms with E-state index >= 15 is 0 Å². The third kappa shape index (κ3) is 3.64. The Hall–Kier alpha value is -5.34. The van der Waals surface area contributed by atoms with E-state index in [0.717, 1.165) is 12.8 Å². The van der Waals surface area contributed by atoms with Crippen LogP contribution >= 0.6 is 0 Å². The molecule has 0 saturated carbocycles. The van der Waals surface area contributed by atoms with Crippen molar-refractivity contribution in [3.05, 3.63) is 69.8 Å². The summed E-state index contributed by atoms with van der Waals surface area (Å²) in [6.45, 7) is 7.94. The van der Waals surface area contributed by atoms with E-state index in [1.807, 2.05) is 27.7 Å². The summed E-state index contributed by atoms with van der Waals surface area (Å²) in [6, 6.07) is 14.2. The SMILES string of the molecule is CCCC(CC)N1C(=O)c2ccc3c4c(C#N)cc5c6c(cc(C#N)c(c7ccc(c2c37)C1=O)c64)C(=O)N(C(CC)CCC)C5=O. The van der Waals surface area contributed by atoms with Crippen molar-refractivity contribution in [3.8, 4) is 12.1 Å². The Morgan fingerprint density at radius 1 is 0.543 bits per heavy atom. The number of fused-ring (bicyclic) bond motifs is 2. The zero-order valence-corrected chi connectivity index (χ0v) is 26.3. The molecule has 0 saturated heterocycles. The Morgan fingerprint density at radius 2 is 0.935 bits per heavy atom. The molecule has 8 nitrogen and oxygen atoms in total. The lowest BCUT2D eigenvalue weighted by Crippen LogP contribution is -2.47. The predicted octanol–water partition coefficient (Wildman–Crippen LogP) is 7.83. The van der Waals surface area contributed by atoms with Crippen LogP contribution in [0.15, 0.2) is 36.4 Å². The van der Waals surface area contributed by atoms with Gasteiger partial charge in [0.15, 0.2) is 0 Å². The molecule has 2 aliphatic heterocycles. The van der Waals surface area contributed by atoms with Crippen molar-refractivity contribution in [1.29, 1.82) is 10.5 Å². The van der Waals surface area contributed by atoms with E-state index in [-0.39, 0.29) is 46.2 Å². The molecule has 0 N–H and O–H groups in total. The molecule has 8 heteroatoms. The quantitative estimate of drug-likeness (QED) is 0.101. The lowest BCUT2D eigenvalue weighted by Gasteiger charge is -2.35. The second-order valence-corrected chi connectivity index (χ2v) is 12.4. The molecule has 2 atom stereocenters. The molecule has 0 radical (unpaired) electrons. The number of rotatable bonds is 8. The van der Waals surface area contributed by atoms with Crippen molar-refractivity contribution < 1.29 is 19.2 Å². The van der Waals surface area contributed by atoms with Gasteiger partial charge in [-0.25, -0.2) is 0 Å². The van der Waals surface area contributed by atoms with E-state index in [0.29, 0.717) is 79.9 Å². The van der Waals surface area contributed by atoms with Gasteiger partial charge >= 0.3 is 0 Å². The molecule has 228 valence electrons. The van der Waals surface area contributed by atoms with Crippen LogP contribution in [0.5, 0.6) is 0 Å². The number of imide groups is 2. The van der Waals surface area contributed by atoms with E-state index in [4.69, 9.17) is 0 Å². The fraction of sp³-hybridized carbons (Fsp3) is 0.316. The van der Waals surface area contributed by atoms with Crippen molar-refractivity contribution >= 4 is 66.7 Å². The molecular formula is C38H32N4O4. The molecule has 2 heterocycles. The number of carbonyl (C=O) groups is 4. The second-order valence-electron chi connectivity index (χ2n) is 12.4. The Balaban J connectivity index is 1.63. The van der Waals surface area contributed by atoms with Gasteiger partial charge in [-0.05, 0) is 66.1 Å². The fourth-order valence-corrected chi connectivity index (χ4v) is 8.04. The number of nitriles is 2. The van der Waals surface area contributed by atoms with Gasteiger partial charge in [0.25, 0.3) is 23.6 Å². The monoisotopic (exact) mass is 608 g/mol. The molecule has 0 fully saturated rings. The van der Waals surface area contributed by atoms with Gasteiger partial charge in [0.2, 0.25) is 0 Å². The molecule has 0 spiro atoms. The number of nitrogens with zero attached hydrogens (tertiary/aromatic N) is 4. The number of hydrogen-bond donors (Lipinski definition) is 0. The van der Waals surface area contributed by atoms with Gasteiger partial charge in [0.1, 0.15) is 0 Å². The van der Waals surface area contributed by atoms with Gasteiger partial charge in [-0.3, -0.25) is 29.0 Å². The smallest absolute Gasteiger partial charge is 0.261 e. The van der Waals surface area contributed by atoms with Crippen LogP contribution in [0.25, 0.3) is 43.1 Å². The summed E-state index contributed by atoms with van der Waals surface area (Å²) in [5.74, 6) is -1.59. The summed E-state index contributed by atoms with van der Waals surface area (Å²) in [7, 11) is 0. The zero-order valence-electron chi connectivity index (χ0n) is 26.3. The minimum Gasteiger partial charge on any atom is -0.271 e. The van der Waals surface area contributed by atoms with Crippen LogP contribution in [0.2, 0.25) is 0 Å². The predicted molar refractivity (Wildman–Crippen MR) is 176 cm³/mol. The minimum absolute atomic E-state index is 0.228. The van der Waals surface area contributed by atoms with Crippen LogP contribution in [0.1, 0.15) is 119 Å². The van der Waals surface area contributed by atoms with E-state index < -0.39 is 11.8 Å². The van der Waals surface area contributed by atoms with Gasteiger partial charge in [0.05, 0.1) is 34.4 Å². The van der Waals surface area contributed by atoms with E-state index in [9.17, 15) is 29.7 Å². The lowest BCUT2D eigenvalue weighted by molar-refractivity contribution is 0.0510. The topological polar surface area (TPSA) is 122 Å². The van der Waals surface area contributed by atoms with E-state index in [1.54, 1.807) is 36.4 Å². The summed E-state index contributed by atoms with van der Waals surface area (Å²) in [6.07, 6.45) is 4.19. The maximum atomic E-state index is 14.1. The molecular weight excluding hydrogens is 576 g/mol. The van der Waals surface area contributed by atoms with Crippen LogP contribution in [-0.4, -0.2) is 45.5 Å². The van der Waals surface area contributed by atoms with Gasteiger partial charge in [-0.2, -0.15) is 10.5 Å². The summed E-state index contributed by atoms with van der Waals surface area (Å²) >= 11 is 0. The summed E-state index contributed by atoms with van der Waals surface area (Å²) < 4.78 is 0. The van der Waals surface area contributed by atoms with Gasteiger partial charge in [-0.1, -0.05) is 52.7 Å². The zero-order chi connectivity index (χ0) is 32.6. The number of hydrogen-bond acceptors (Lipinski definition) is 6. The first-order chi connectivity index (χ1) is 22.3. The highest BCUT2D eigenvalue weighted by atomic mass is 16.2. The van der Waals surface area contributed by atoms with Crippen molar-refractivity contribution in [1.82, 2.24) is 9.80 Å². The lowest BCUT2D eigenvalue weighted by atomic mass is 9.79. The average Bonchev–Trinajstić information content (AvgIpc) is 3.07. The van der Waals surface area contributed by atoms with E-state index in [1.165, 1.54) is 9.80 Å². The van der Waals surface area contributed by atoms with Crippen LogP contribution in [0.3, 0.4) is 0 Å². The molecule has 7 rings (SSSR count). The maximum Gasteiger partial charge on any atom is 0.261 e. The third-order valence-corrected chi connectivity index (χ3v) is 10.1. The largest absolute Gasteiger partial charge is 0.271 e. The standard InChI is InChI=1S/C38H32N4O4/c1-5-9-21(7-3)41-35(43)25-13-11-23-29-19(17-39)15-27-33-28(38(46)42(37(27)45)22(8-4)10-6-2)16-20(18-40)30(34(29)33)24-12-14-26(36(41)44)32(25)31(23)24/h11-16,21-22H,5-10H2,1-4H3. The van der Waals surface area contributed by atoms with Crippen LogP contribution in [0.4, 0.5) is 0 Å². The number of benzene rings is 5. The Bertz CT molecular complexity index is 2150. The fourth-order valence-electron chi connectivity index (χ4n) is 8.04. The highest BCUT2D eigenvalue weighted by Gasteiger charge is 2.41. The summed E-state index contributed by atoms with van der Waals surface area (Å²) in [5.41, 5.74) is 1.79. The molecule has 5 aromatic carbocycles. The first-order valence-electron chi connectivity index (χ1n) is 16.1. The van der Waals surface area contributed by atoms with Gasteiger partial charge in [-0.15, -0.1) is 0 Å². The number of amides is 4. The summed E-state index contributed by atoms with van der Waals surface area (Å²) in [5, 5.41) is 25.3. The first kappa shape index (κ1) is 29.4. The van der Waals surface area contributed by atoms with Crippen LogP contribution in [0, 0.1) is 22.7 Å². The highest BCUT2D eigenvalue weighted by molar-refractivity contribution is 6.42. The average molecular weight is 609 g/mol. The Labute approximate surface area is 266 Å². The van der Waals surface area contributed by atoms with Crippen molar-refractivity contribution in [2.24, 2.45) is 0 Å². The van der Waals surface area contributed by atoms with Gasteiger partial charge in [0, 0.05) is 50.1 Å². The van der Waals surface area contributed by atoms with Gasteiger partial charge < -0.3 is 0 Å². The van der Waals surface area contributed by atoms with Crippen molar-refractivity contribution in [2.75, 3.05) is 0 Å². The second kappa shape index (κ2) is 10.6. The molecule has 0 bridgehead atoms. The summed E-state index contributed by atoms with van der Waals surface area (Å²) in [4.78, 5) is 58.8. The normalized spacial score (nSPS) is 15.8. The van der Waals surface area contributed by atoms with Crippen LogP contribution < -0.4 is 0 Å². The molecule has 4 amide bonds. The highest BCUT2D eigenvalue weighted by Crippen LogP contribution is 2.49. The molecule has 5 aromatic rings. The first-order valence-corrected chi connectivity index (χ1v) is 16.1. The maximum absolute atomic E-state index is 14.1. The van der Waals surface area contributed by atoms with Crippen molar-refractivity contribution in [3.63, 3.8) is 0 Å². The van der Waals surface area contributed by atoms with E-state index in [2.05, 4.69) is 12.1 Å². The Morgan fingerprint density at radius 3 is 1.30 bits per heavy atom.